The molecule has 0 aliphatic heterocycles. The molecular formula is C13H13BrF2N4. The van der Waals surface area contributed by atoms with Gasteiger partial charge in [-0.05, 0) is 41.4 Å². The molecule has 0 radical (unpaired) electrons. The number of aryl methyl sites for hydroxylation is 1. The van der Waals surface area contributed by atoms with Crippen molar-refractivity contribution in [2.45, 2.75) is 13.8 Å². The van der Waals surface area contributed by atoms with Crippen molar-refractivity contribution in [3.8, 4) is 0 Å². The van der Waals surface area contributed by atoms with E-state index >= 15 is 0 Å². The van der Waals surface area contributed by atoms with Gasteiger partial charge in [0.2, 0.25) is 5.95 Å². The van der Waals surface area contributed by atoms with Crippen LogP contribution in [0.2, 0.25) is 0 Å². The molecule has 0 fully saturated rings. The molecule has 1 aromatic heterocycles. The molecule has 2 rings (SSSR count). The fourth-order valence-corrected chi connectivity index (χ4v) is 1.88. The van der Waals surface area contributed by atoms with Gasteiger partial charge >= 0.3 is 0 Å². The van der Waals surface area contributed by atoms with E-state index in [9.17, 15) is 8.78 Å². The van der Waals surface area contributed by atoms with Gasteiger partial charge < -0.3 is 10.6 Å². The predicted octanol–water partition coefficient (Wildman–Crippen LogP) is 4.00. The second-order valence-corrected chi connectivity index (χ2v) is 4.95. The van der Waals surface area contributed by atoms with Crippen molar-refractivity contribution in [2.24, 2.45) is 0 Å². The molecule has 0 spiro atoms. The predicted molar refractivity (Wildman–Crippen MR) is 78.3 cm³/mol. The lowest BCUT2D eigenvalue weighted by Gasteiger charge is -2.12. The Morgan fingerprint density at radius 3 is 2.75 bits per heavy atom. The molecule has 0 aliphatic carbocycles. The van der Waals surface area contributed by atoms with Crippen LogP contribution in [-0.2, 0) is 0 Å². The lowest BCUT2D eigenvalue weighted by molar-refractivity contribution is 0.584. The van der Waals surface area contributed by atoms with Crippen molar-refractivity contribution < 1.29 is 8.78 Å². The second kappa shape index (κ2) is 6.13. The smallest absolute Gasteiger partial charge is 0.224 e. The molecule has 106 valence electrons. The summed E-state index contributed by atoms with van der Waals surface area (Å²) in [5.74, 6) is -0.643. The van der Waals surface area contributed by atoms with Crippen LogP contribution < -0.4 is 10.6 Å². The van der Waals surface area contributed by atoms with Crippen LogP contribution in [0.25, 0.3) is 0 Å². The first-order valence-electron chi connectivity index (χ1n) is 6.01. The molecule has 0 saturated heterocycles. The molecule has 0 atom stereocenters. The molecule has 4 nitrogen and oxygen atoms in total. The Morgan fingerprint density at radius 1 is 1.30 bits per heavy atom. The van der Waals surface area contributed by atoms with Gasteiger partial charge in [-0.2, -0.15) is 4.98 Å². The van der Waals surface area contributed by atoms with Crippen molar-refractivity contribution in [3.63, 3.8) is 0 Å². The minimum atomic E-state index is -0.677. The number of nitrogens with one attached hydrogen (secondary N) is 2. The van der Waals surface area contributed by atoms with Crippen LogP contribution in [-0.4, -0.2) is 16.5 Å². The summed E-state index contributed by atoms with van der Waals surface area (Å²) in [5.41, 5.74) is 0.123. The number of rotatable bonds is 4. The number of aromatic nitrogens is 2. The van der Waals surface area contributed by atoms with Gasteiger partial charge in [-0.15, -0.1) is 0 Å². The van der Waals surface area contributed by atoms with Crippen molar-refractivity contribution in [2.75, 3.05) is 17.2 Å². The number of halogens is 3. The molecule has 0 saturated carbocycles. The van der Waals surface area contributed by atoms with Gasteiger partial charge in [0.1, 0.15) is 11.5 Å². The van der Waals surface area contributed by atoms with Crippen LogP contribution in [0.3, 0.4) is 0 Å². The number of hydrogen-bond donors (Lipinski definition) is 2. The largest absolute Gasteiger partial charge is 0.354 e. The van der Waals surface area contributed by atoms with E-state index in [4.69, 9.17) is 0 Å². The number of benzene rings is 1. The van der Waals surface area contributed by atoms with Gasteiger partial charge in [0.25, 0.3) is 0 Å². The monoisotopic (exact) mass is 342 g/mol. The highest BCUT2D eigenvalue weighted by Crippen LogP contribution is 2.28. The summed E-state index contributed by atoms with van der Waals surface area (Å²) in [4.78, 5) is 8.19. The Bertz CT molecular complexity index is 634. The summed E-state index contributed by atoms with van der Waals surface area (Å²) in [7, 11) is 0. The first-order chi connectivity index (χ1) is 9.52. The average Bonchev–Trinajstić information content (AvgIpc) is 2.43. The summed E-state index contributed by atoms with van der Waals surface area (Å²) in [6.07, 6.45) is 1.51. The van der Waals surface area contributed by atoms with Crippen LogP contribution >= 0.6 is 15.9 Å². The van der Waals surface area contributed by atoms with Crippen LogP contribution in [0.15, 0.2) is 22.8 Å². The van der Waals surface area contributed by atoms with Gasteiger partial charge in [-0.1, -0.05) is 6.07 Å². The first-order valence-corrected chi connectivity index (χ1v) is 6.80. The highest BCUT2D eigenvalue weighted by Gasteiger charge is 2.14. The summed E-state index contributed by atoms with van der Waals surface area (Å²) in [6.45, 7) is 4.12. The number of nitrogens with zero attached hydrogens (tertiary/aromatic N) is 2. The SMILES string of the molecule is CCNc1ncc(Br)c(Nc2c(F)ccc(C)c2F)n1. The van der Waals surface area contributed by atoms with E-state index in [1.165, 1.54) is 18.3 Å². The molecule has 1 aromatic carbocycles. The molecule has 0 amide bonds. The molecule has 20 heavy (non-hydrogen) atoms. The van der Waals surface area contributed by atoms with Crippen molar-refractivity contribution >= 4 is 33.4 Å². The van der Waals surface area contributed by atoms with E-state index in [0.29, 0.717) is 28.3 Å². The zero-order valence-electron chi connectivity index (χ0n) is 11.0. The van der Waals surface area contributed by atoms with Crippen molar-refractivity contribution in [3.05, 3.63) is 40.0 Å². The maximum atomic E-state index is 14.0. The third-order valence-corrected chi connectivity index (χ3v) is 3.19. The van der Waals surface area contributed by atoms with E-state index in [2.05, 4.69) is 36.5 Å². The quantitative estimate of drug-likeness (QED) is 0.881. The summed E-state index contributed by atoms with van der Waals surface area (Å²) < 4.78 is 28.2. The molecule has 0 unspecified atom stereocenters. The maximum absolute atomic E-state index is 14.0. The van der Waals surface area contributed by atoms with Gasteiger partial charge in [-0.3, -0.25) is 0 Å². The molecular weight excluding hydrogens is 330 g/mol. The van der Waals surface area contributed by atoms with Crippen LogP contribution in [0, 0.1) is 18.6 Å². The Labute approximate surface area is 123 Å². The third-order valence-electron chi connectivity index (χ3n) is 2.61. The van der Waals surface area contributed by atoms with Gasteiger partial charge in [0, 0.05) is 12.7 Å². The average molecular weight is 343 g/mol. The van der Waals surface area contributed by atoms with E-state index in [1.807, 2.05) is 6.92 Å². The van der Waals surface area contributed by atoms with Crippen LogP contribution in [0.4, 0.5) is 26.2 Å². The van der Waals surface area contributed by atoms with Crippen LogP contribution in [0.5, 0.6) is 0 Å². The highest BCUT2D eigenvalue weighted by molar-refractivity contribution is 9.10. The fraction of sp³-hybridized carbons (Fsp3) is 0.231. The highest BCUT2D eigenvalue weighted by atomic mass is 79.9. The summed E-state index contributed by atoms with van der Waals surface area (Å²) in [5, 5.41) is 5.59. The van der Waals surface area contributed by atoms with Gasteiger partial charge in [0.15, 0.2) is 11.6 Å². The minimum Gasteiger partial charge on any atom is -0.354 e. The Balaban J connectivity index is 2.39. The zero-order chi connectivity index (χ0) is 14.7. The number of hydrogen-bond acceptors (Lipinski definition) is 4. The number of anilines is 3. The normalized spacial score (nSPS) is 10.4. The standard InChI is InChI=1S/C13H13BrF2N4/c1-3-17-13-18-6-8(14)12(20-13)19-11-9(15)5-4-7(2)10(11)16/h4-6H,3H2,1-2H3,(H2,17,18,19,20). The molecule has 1 heterocycles. The molecule has 2 N–H and O–H groups in total. The molecule has 7 heteroatoms. The van der Waals surface area contributed by atoms with E-state index < -0.39 is 11.6 Å². The lowest BCUT2D eigenvalue weighted by Crippen LogP contribution is -2.06. The van der Waals surface area contributed by atoms with Crippen LogP contribution in [0.1, 0.15) is 12.5 Å². The maximum Gasteiger partial charge on any atom is 0.224 e. The van der Waals surface area contributed by atoms with Gasteiger partial charge in [0.05, 0.1) is 4.47 Å². The molecule has 0 bridgehead atoms. The van der Waals surface area contributed by atoms with Crippen molar-refractivity contribution in [1.82, 2.24) is 9.97 Å². The second-order valence-electron chi connectivity index (χ2n) is 4.10. The zero-order valence-corrected chi connectivity index (χ0v) is 12.6. The first kappa shape index (κ1) is 14.6. The van der Waals surface area contributed by atoms with E-state index in [0.717, 1.165) is 0 Å². The Kier molecular flexibility index (Phi) is 4.49. The fourth-order valence-electron chi connectivity index (χ4n) is 1.59. The minimum absolute atomic E-state index is 0.230. The topological polar surface area (TPSA) is 49.8 Å². The summed E-state index contributed by atoms with van der Waals surface area (Å²) in [6, 6.07) is 2.59. The van der Waals surface area contributed by atoms with E-state index in [-0.39, 0.29) is 5.69 Å². The lowest BCUT2D eigenvalue weighted by atomic mass is 10.2. The van der Waals surface area contributed by atoms with E-state index in [1.54, 1.807) is 6.92 Å². The van der Waals surface area contributed by atoms with Crippen molar-refractivity contribution in [1.29, 1.82) is 0 Å². The molecule has 2 aromatic rings. The third kappa shape index (κ3) is 3.04. The Hall–Kier alpha value is -1.76. The Morgan fingerprint density at radius 2 is 2.05 bits per heavy atom. The molecule has 0 aliphatic rings. The summed E-state index contributed by atoms with van der Waals surface area (Å²) >= 11 is 3.25. The van der Waals surface area contributed by atoms with Gasteiger partial charge in [-0.25, -0.2) is 13.8 Å².